The van der Waals surface area contributed by atoms with E-state index in [1.54, 1.807) is 18.2 Å². The van der Waals surface area contributed by atoms with Gasteiger partial charge in [0, 0.05) is 8.59 Å². The third-order valence-electron chi connectivity index (χ3n) is 2.45. The summed E-state index contributed by atoms with van der Waals surface area (Å²) in [4.78, 5) is 23.1. The van der Waals surface area contributed by atoms with E-state index < -0.39 is 5.97 Å². The van der Waals surface area contributed by atoms with Crippen LogP contribution < -0.4 is 4.74 Å². The predicted molar refractivity (Wildman–Crippen MR) is 86.0 cm³/mol. The highest BCUT2D eigenvalue weighted by Crippen LogP contribution is 2.32. The van der Waals surface area contributed by atoms with Gasteiger partial charge in [0.25, 0.3) is 0 Å². The molecule has 6 heteroatoms. The third-order valence-corrected chi connectivity index (χ3v) is 3.89. The Kier molecular flexibility index (Phi) is 5.01. The second-order valence-corrected chi connectivity index (χ2v) is 5.80. The molecule has 0 aliphatic heterocycles. The van der Waals surface area contributed by atoms with Crippen molar-refractivity contribution in [1.82, 2.24) is 0 Å². The van der Waals surface area contributed by atoms with Crippen LogP contribution in [0.1, 0.15) is 20.7 Å². The van der Waals surface area contributed by atoms with E-state index in [4.69, 9.17) is 27.9 Å². The molecule has 3 nitrogen and oxygen atoms in total. The van der Waals surface area contributed by atoms with Crippen molar-refractivity contribution >= 4 is 58.0 Å². The van der Waals surface area contributed by atoms with Crippen molar-refractivity contribution < 1.29 is 14.3 Å². The van der Waals surface area contributed by atoms with Gasteiger partial charge in [0.1, 0.15) is 0 Å². The zero-order chi connectivity index (χ0) is 14.7. The lowest BCUT2D eigenvalue weighted by atomic mass is 10.2. The van der Waals surface area contributed by atoms with Gasteiger partial charge in [-0.05, 0) is 46.9 Å². The summed E-state index contributed by atoms with van der Waals surface area (Å²) in [6.07, 6.45) is 0.538. The first-order valence-corrected chi connectivity index (χ1v) is 7.27. The second-order valence-electron chi connectivity index (χ2n) is 3.79. The number of carbonyl (C=O) groups excluding carboxylic acids is 2. The minimum absolute atomic E-state index is 0.00993. The monoisotopic (exact) mass is 420 g/mol. The van der Waals surface area contributed by atoms with Gasteiger partial charge in [-0.1, -0.05) is 35.3 Å². The normalized spacial score (nSPS) is 10.2. The van der Waals surface area contributed by atoms with E-state index in [-0.39, 0.29) is 16.3 Å². The summed E-state index contributed by atoms with van der Waals surface area (Å²) in [6, 6.07) is 9.75. The second kappa shape index (κ2) is 6.56. The Labute approximate surface area is 139 Å². The van der Waals surface area contributed by atoms with Crippen LogP contribution in [0.2, 0.25) is 10.0 Å². The predicted octanol–water partition coefficient (Wildman–Crippen LogP) is 4.63. The van der Waals surface area contributed by atoms with Gasteiger partial charge in [0.2, 0.25) is 0 Å². The summed E-state index contributed by atoms with van der Waals surface area (Å²) >= 11 is 13.8. The molecule has 0 spiro atoms. The number of rotatable bonds is 3. The number of carbonyl (C=O) groups is 2. The van der Waals surface area contributed by atoms with E-state index >= 15 is 0 Å². The van der Waals surface area contributed by atoms with Crippen molar-refractivity contribution in [3.05, 3.63) is 61.1 Å². The van der Waals surface area contributed by atoms with Gasteiger partial charge < -0.3 is 4.74 Å². The smallest absolute Gasteiger partial charge is 0.344 e. The van der Waals surface area contributed by atoms with E-state index in [9.17, 15) is 9.59 Å². The van der Waals surface area contributed by atoms with Crippen molar-refractivity contribution in [2.45, 2.75) is 0 Å². The molecule has 0 heterocycles. The summed E-state index contributed by atoms with van der Waals surface area (Å²) in [5, 5.41) is 0.407. The number of hydrogen-bond acceptors (Lipinski definition) is 3. The van der Waals surface area contributed by atoms with Crippen LogP contribution >= 0.6 is 45.8 Å². The van der Waals surface area contributed by atoms with Crippen LogP contribution in [0, 0.1) is 3.57 Å². The minimum Gasteiger partial charge on any atom is -0.421 e. The summed E-state index contributed by atoms with van der Waals surface area (Å²) in [7, 11) is 0. The Bertz CT molecular complexity index is 686. The van der Waals surface area contributed by atoms with Crippen LogP contribution in [0.5, 0.6) is 5.75 Å². The molecule has 0 amide bonds. The molecular formula is C14H7Cl2IO3. The summed E-state index contributed by atoms with van der Waals surface area (Å²) in [6.45, 7) is 0. The van der Waals surface area contributed by atoms with Crippen LogP contribution in [0.25, 0.3) is 0 Å². The Hall–Kier alpha value is -1.11. The quantitative estimate of drug-likeness (QED) is 0.314. The Balaban J connectivity index is 2.38. The zero-order valence-electron chi connectivity index (χ0n) is 9.90. The Morgan fingerprint density at radius 3 is 2.55 bits per heavy atom. The molecule has 2 aromatic carbocycles. The zero-order valence-corrected chi connectivity index (χ0v) is 13.6. The van der Waals surface area contributed by atoms with Crippen molar-refractivity contribution in [2.75, 3.05) is 0 Å². The number of halogens is 3. The van der Waals surface area contributed by atoms with Gasteiger partial charge >= 0.3 is 5.97 Å². The fraction of sp³-hybridized carbons (Fsp3) is 0. The Morgan fingerprint density at radius 1 is 1.20 bits per heavy atom. The molecule has 2 rings (SSSR count). The highest BCUT2D eigenvalue weighted by Gasteiger charge is 2.17. The van der Waals surface area contributed by atoms with Crippen molar-refractivity contribution in [3.8, 4) is 5.75 Å². The molecule has 0 saturated carbocycles. The van der Waals surface area contributed by atoms with Gasteiger partial charge in [-0.3, -0.25) is 4.79 Å². The summed E-state index contributed by atoms with van der Waals surface area (Å²) in [5.74, 6) is -0.571. The highest BCUT2D eigenvalue weighted by atomic mass is 127. The van der Waals surface area contributed by atoms with Gasteiger partial charge in [0.15, 0.2) is 12.0 Å². The molecular weight excluding hydrogens is 414 g/mol. The first-order chi connectivity index (χ1) is 9.52. The topological polar surface area (TPSA) is 43.4 Å². The van der Waals surface area contributed by atoms with Crippen LogP contribution in [0.4, 0.5) is 0 Å². The molecule has 20 heavy (non-hydrogen) atoms. The van der Waals surface area contributed by atoms with E-state index in [0.29, 0.717) is 16.9 Å². The molecule has 0 aliphatic rings. The molecule has 0 bridgehead atoms. The molecule has 0 atom stereocenters. The lowest BCUT2D eigenvalue weighted by Gasteiger charge is -2.10. The molecule has 102 valence electrons. The summed E-state index contributed by atoms with van der Waals surface area (Å²) < 4.78 is 5.97. The van der Waals surface area contributed by atoms with Gasteiger partial charge in [-0.15, -0.1) is 0 Å². The average molecular weight is 421 g/mol. The fourth-order valence-electron chi connectivity index (χ4n) is 1.55. The number of esters is 1. The summed E-state index contributed by atoms with van der Waals surface area (Å²) in [5.41, 5.74) is 0.526. The van der Waals surface area contributed by atoms with Crippen LogP contribution in [0.3, 0.4) is 0 Å². The number of hydrogen-bond donors (Lipinski definition) is 0. The molecule has 0 aromatic heterocycles. The van der Waals surface area contributed by atoms with Gasteiger partial charge in [-0.2, -0.15) is 0 Å². The highest BCUT2D eigenvalue weighted by molar-refractivity contribution is 14.1. The average Bonchev–Trinajstić information content (AvgIpc) is 2.41. The number of benzene rings is 2. The SMILES string of the molecule is O=Cc1cc(Cl)cc(Cl)c1OC(=O)c1ccccc1I. The van der Waals surface area contributed by atoms with Gasteiger partial charge in [-0.25, -0.2) is 4.79 Å². The minimum atomic E-state index is -0.581. The first-order valence-electron chi connectivity index (χ1n) is 5.44. The van der Waals surface area contributed by atoms with Crippen molar-refractivity contribution in [3.63, 3.8) is 0 Å². The molecule has 0 radical (unpaired) electrons. The maximum atomic E-state index is 12.1. The maximum Gasteiger partial charge on any atom is 0.344 e. The molecule has 0 unspecified atom stereocenters. The van der Waals surface area contributed by atoms with Gasteiger partial charge in [0.05, 0.1) is 16.1 Å². The maximum absolute atomic E-state index is 12.1. The third kappa shape index (κ3) is 3.31. The fourth-order valence-corrected chi connectivity index (χ4v) is 2.71. The van der Waals surface area contributed by atoms with E-state index in [0.717, 1.165) is 3.57 Å². The lowest BCUT2D eigenvalue weighted by Crippen LogP contribution is -2.11. The van der Waals surface area contributed by atoms with Crippen molar-refractivity contribution in [1.29, 1.82) is 0 Å². The first kappa shape index (κ1) is 15.3. The van der Waals surface area contributed by atoms with Crippen molar-refractivity contribution in [2.24, 2.45) is 0 Å². The van der Waals surface area contributed by atoms with Crippen LogP contribution in [0.15, 0.2) is 36.4 Å². The molecule has 0 fully saturated rings. The number of ether oxygens (including phenoxy) is 1. The Morgan fingerprint density at radius 2 is 1.90 bits per heavy atom. The molecule has 0 N–H and O–H groups in total. The van der Waals surface area contributed by atoms with E-state index in [1.165, 1.54) is 12.1 Å². The van der Waals surface area contributed by atoms with Crippen LogP contribution in [-0.2, 0) is 0 Å². The van der Waals surface area contributed by atoms with Crippen LogP contribution in [-0.4, -0.2) is 12.3 Å². The largest absolute Gasteiger partial charge is 0.421 e. The molecule has 2 aromatic rings. The molecule has 0 aliphatic carbocycles. The number of aldehydes is 1. The molecule has 0 saturated heterocycles. The van der Waals surface area contributed by atoms with E-state index in [2.05, 4.69) is 0 Å². The standard InChI is InChI=1S/C14H7Cl2IO3/c15-9-5-8(7-18)13(11(16)6-9)20-14(19)10-3-1-2-4-12(10)17/h1-7H. The lowest BCUT2D eigenvalue weighted by molar-refractivity contribution is 0.0732. The van der Waals surface area contributed by atoms with E-state index in [1.807, 2.05) is 28.7 Å².